The van der Waals surface area contributed by atoms with Crippen LogP contribution in [0, 0.1) is 0 Å². The highest BCUT2D eigenvalue weighted by molar-refractivity contribution is 9.10. The summed E-state index contributed by atoms with van der Waals surface area (Å²) in [6.07, 6.45) is 6.06. The van der Waals surface area contributed by atoms with Crippen LogP contribution in [0.3, 0.4) is 0 Å². The van der Waals surface area contributed by atoms with Gasteiger partial charge in [0.25, 0.3) is 0 Å². The van der Waals surface area contributed by atoms with Gasteiger partial charge in [0.2, 0.25) is 0 Å². The third-order valence-electron chi connectivity index (χ3n) is 3.04. The molecule has 5 heteroatoms. The molecule has 0 aliphatic heterocycles. The van der Waals surface area contributed by atoms with Crippen LogP contribution in [0.15, 0.2) is 22.9 Å². The second-order valence-corrected chi connectivity index (χ2v) is 5.15. The summed E-state index contributed by atoms with van der Waals surface area (Å²) in [6.45, 7) is 4.43. The third kappa shape index (κ3) is 2.44. The van der Waals surface area contributed by atoms with Crippen LogP contribution < -0.4 is 4.90 Å². The summed E-state index contributed by atoms with van der Waals surface area (Å²) >= 11 is 3.45. The molecule has 2 rings (SSSR count). The average Bonchev–Trinajstić information content (AvgIpc) is 2.70. The number of fused-ring (bicyclic) bond motifs is 1. The second kappa shape index (κ2) is 5.04. The Hall–Kier alpha value is -1.10. The van der Waals surface area contributed by atoms with Crippen molar-refractivity contribution in [1.82, 2.24) is 14.6 Å². The maximum Gasteiger partial charge on any atom is 0.171 e. The summed E-state index contributed by atoms with van der Waals surface area (Å²) in [5, 5.41) is 4.19. The van der Waals surface area contributed by atoms with Crippen molar-refractivity contribution in [3.05, 3.63) is 22.9 Å². The summed E-state index contributed by atoms with van der Waals surface area (Å²) in [4.78, 5) is 6.83. The van der Waals surface area contributed by atoms with Crippen LogP contribution in [0.4, 0.5) is 5.82 Å². The van der Waals surface area contributed by atoms with E-state index in [1.54, 1.807) is 10.7 Å². The predicted octanol–water partition coefficient (Wildman–Crippen LogP) is 3.12. The lowest BCUT2D eigenvalue weighted by molar-refractivity contribution is 0.611. The van der Waals surface area contributed by atoms with Gasteiger partial charge in [0.15, 0.2) is 5.65 Å². The lowest BCUT2D eigenvalue weighted by Crippen LogP contribution is -2.29. The molecule has 92 valence electrons. The van der Waals surface area contributed by atoms with Gasteiger partial charge in [-0.3, -0.25) is 0 Å². The highest BCUT2D eigenvalue weighted by Crippen LogP contribution is 2.20. The van der Waals surface area contributed by atoms with E-state index in [4.69, 9.17) is 0 Å². The molecule has 0 aliphatic rings. The molecule has 17 heavy (non-hydrogen) atoms. The van der Waals surface area contributed by atoms with Crippen molar-refractivity contribution in [1.29, 1.82) is 0 Å². The van der Waals surface area contributed by atoms with Crippen LogP contribution in [0.1, 0.15) is 26.7 Å². The van der Waals surface area contributed by atoms with Crippen LogP contribution in [-0.2, 0) is 0 Å². The minimum absolute atomic E-state index is 0.497. The van der Waals surface area contributed by atoms with E-state index in [1.165, 1.54) is 12.8 Å². The van der Waals surface area contributed by atoms with Gasteiger partial charge in [0.05, 0.1) is 10.7 Å². The Morgan fingerprint density at radius 2 is 2.29 bits per heavy atom. The van der Waals surface area contributed by atoms with E-state index < -0.39 is 0 Å². The first kappa shape index (κ1) is 12.4. The van der Waals surface area contributed by atoms with E-state index in [1.807, 2.05) is 12.3 Å². The monoisotopic (exact) mass is 296 g/mol. The fourth-order valence-corrected chi connectivity index (χ4v) is 2.23. The molecule has 0 saturated heterocycles. The van der Waals surface area contributed by atoms with Gasteiger partial charge in [0.1, 0.15) is 5.82 Å². The number of rotatable bonds is 4. The zero-order chi connectivity index (χ0) is 12.4. The molecule has 0 saturated carbocycles. The van der Waals surface area contributed by atoms with Gasteiger partial charge in [-0.15, -0.1) is 0 Å². The molecule has 0 bridgehead atoms. The molecule has 0 aromatic carbocycles. The minimum Gasteiger partial charge on any atom is -0.357 e. The normalized spacial score (nSPS) is 12.9. The quantitative estimate of drug-likeness (QED) is 0.869. The standard InChI is InChI=1S/C12H17BrN4/c1-4-5-9(2)16(3)11-6-7-17-12(15-11)10(13)8-14-17/h6-9H,4-5H2,1-3H3. The fourth-order valence-electron chi connectivity index (χ4n) is 1.87. The van der Waals surface area contributed by atoms with Crippen molar-refractivity contribution in [2.45, 2.75) is 32.7 Å². The highest BCUT2D eigenvalue weighted by Gasteiger charge is 2.12. The molecular formula is C12H17BrN4. The average molecular weight is 297 g/mol. The number of nitrogens with zero attached hydrogens (tertiary/aromatic N) is 4. The fraction of sp³-hybridized carbons (Fsp3) is 0.500. The summed E-state index contributed by atoms with van der Waals surface area (Å²) in [6, 6.07) is 2.50. The van der Waals surface area contributed by atoms with Crippen LogP contribution in [-0.4, -0.2) is 27.7 Å². The van der Waals surface area contributed by atoms with E-state index in [2.05, 4.69) is 51.8 Å². The van der Waals surface area contributed by atoms with Gasteiger partial charge < -0.3 is 4.90 Å². The first-order valence-corrected chi connectivity index (χ1v) is 6.65. The summed E-state index contributed by atoms with van der Waals surface area (Å²) in [7, 11) is 2.09. The van der Waals surface area contributed by atoms with Gasteiger partial charge in [-0.2, -0.15) is 5.10 Å². The van der Waals surface area contributed by atoms with Gasteiger partial charge in [-0.25, -0.2) is 9.50 Å². The van der Waals surface area contributed by atoms with Crippen LogP contribution in [0.25, 0.3) is 5.65 Å². The molecule has 0 N–H and O–H groups in total. The van der Waals surface area contributed by atoms with E-state index >= 15 is 0 Å². The first-order valence-electron chi connectivity index (χ1n) is 5.86. The Bertz CT molecular complexity index is 508. The molecule has 2 aromatic heterocycles. The Balaban J connectivity index is 2.32. The van der Waals surface area contributed by atoms with Crippen LogP contribution in [0.2, 0.25) is 0 Å². The molecule has 0 amide bonds. The Morgan fingerprint density at radius 3 is 3.00 bits per heavy atom. The van der Waals surface area contributed by atoms with E-state index in [9.17, 15) is 0 Å². The number of hydrogen-bond donors (Lipinski definition) is 0. The summed E-state index contributed by atoms with van der Waals surface area (Å²) in [5.74, 6) is 0.986. The van der Waals surface area contributed by atoms with Gasteiger partial charge in [-0.05, 0) is 35.3 Å². The Morgan fingerprint density at radius 1 is 1.53 bits per heavy atom. The number of halogens is 1. The van der Waals surface area contributed by atoms with Crippen LogP contribution >= 0.6 is 15.9 Å². The van der Waals surface area contributed by atoms with Gasteiger partial charge in [0, 0.05) is 19.3 Å². The largest absolute Gasteiger partial charge is 0.357 e. The zero-order valence-electron chi connectivity index (χ0n) is 10.4. The lowest BCUT2D eigenvalue weighted by atomic mass is 10.2. The second-order valence-electron chi connectivity index (χ2n) is 4.30. The van der Waals surface area contributed by atoms with Gasteiger partial charge >= 0.3 is 0 Å². The SMILES string of the molecule is CCCC(C)N(C)c1ccn2ncc(Br)c2n1. The third-order valence-corrected chi connectivity index (χ3v) is 3.60. The first-order chi connectivity index (χ1) is 8.13. The molecular weight excluding hydrogens is 280 g/mol. The number of anilines is 1. The Kier molecular flexibility index (Phi) is 3.66. The van der Waals surface area contributed by atoms with Gasteiger partial charge in [-0.1, -0.05) is 13.3 Å². The maximum atomic E-state index is 4.62. The van der Waals surface area contributed by atoms with E-state index in [-0.39, 0.29) is 0 Å². The van der Waals surface area contributed by atoms with E-state index in [0.717, 1.165) is 15.9 Å². The smallest absolute Gasteiger partial charge is 0.171 e. The molecule has 1 atom stereocenters. The van der Waals surface area contributed by atoms with Crippen molar-refractivity contribution in [3.63, 3.8) is 0 Å². The van der Waals surface area contributed by atoms with Crippen molar-refractivity contribution in [2.24, 2.45) is 0 Å². The molecule has 2 aromatic rings. The zero-order valence-corrected chi connectivity index (χ0v) is 12.0. The summed E-state index contributed by atoms with van der Waals surface area (Å²) in [5.41, 5.74) is 0.859. The predicted molar refractivity (Wildman–Crippen MR) is 73.5 cm³/mol. The Labute approximate surface area is 110 Å². The summed E-state index contributed by atoms with van der Waals surface area (Å²) < 4.78 is 2.70. The van der Waals surface area contributed by atoms with Crippen molar-refractivity contribution < 1.29 is 0 Å². The molecule has 4 nitrogen and oxygen atoms in total. The van der Waals surface area contributed by atoms with Crippen molar-refractivity contribution in [2.75, 3.05) is 11.9 Å². The number of aromatic nitrogens is 3. The van der Waals surface area contributed by atoms with Crippen molar-refractivity contribution >= 4 is 27.4 Å². The topological polar surface area (TPSA) is 33.4 Å². The van der Waals surface area contributed by atoms with Crippen LogP contribution in [0.5, 0.6) is 0 Å². The molecule has 0 radical (unpaired) electrons. The van der Waals surface area contributed by atoms with E-state index in [0.29, 0.717) is 6.04 Å². The van der Waals surface area contributed by atoms with Crippen molar-refractivity contribution in [3.8, 4) is 0 Å². The number of hydrogen-bond acceptors (Lipinski definition) is 3. The molecule has 1 unspecified atom stereocenters. The molecule has 0 aliphatic carbocycles. The highest BCUT2D eigenvalue weighted by atomic mass is 79.9. The lowest BCUT2D eigenvalue weighted by Gasteiger charge is -2.25. The maximum absolute atomic E-state index is 4.62. The minimum atomic E-state index is 0.497. The molecule has 2 heterocycles. The molecule has 0 spiro atoms. The molecule has 0 fully saturated rings.